The van der Waals surface area contributed by atoms with Gasteiger partial charge in [0.25, 0.3) is 0 Å². The predicted octanol–water partition coefficient (Wildman–Crippen LogP) is 2.15. The quantitative estimate of drug-likeness (QED) is 0.856. The zero-order valence-electron chi connectivity index (χ0n) is 9.96. The van der Waals surface area contributed by atoms with Crippen LogP contribution in [-0.2, 0) is 17.8 Å². The summed E-state index contributed by atoms with van der Waals surface area (Å²) in [6, 6.07) is 3.26. The number of hydrogen-bond donors (Lipinski definition) is 2. The highest BCUT2D eigenvalue weighted by molar-refractivity contribution is 7.13. The molecule has 0 unspecified atom stereocenters. The standard InChI is InChI=1S/C12H12N2O3S2/c15-10(3-4-11-13-5-6-18-11)14-7-8-1-2-9(19-8)12(16)17/h1-2,5-6H,3-4,7H2,(H,14,15)(H,16,17). The summed E-state index contributed by atoms with van der Waals surface area (Å²) >= 11 is 2.71. The molecule has 0 saturated heterocycles. The predicted molar refractivity (Wildman–Crippen MR) is 73.6 cm³/mol. The summed E-state index contributed by atoms with van der Waals surface area (Å²) < 4.78 is 0. The molecule has 0 aliphatic rings. The molecular weight excluding hydrogens is 284 g/mol. The van der Waals surface area contributed by atoms with Crippen LogP contribution in [0.2, 0.25) is 0 Å². The molecule has 0 spiro atoms. The van der Waals surface area contributed by atoms with Crippen LogP contribution in [0, 0.1) is 0 Å². The van der Waals surface area contributed by atoms with E-state index in [2.05, 4.69) is 10.3 Å². The molecule has 0 aliphatic carbocycles. The molecule has 0 radical (unpaired) electrons. The van der Waals surface area contributed by atoms with Gasteiger partial charge in [0.2, 0.25) is 5.91 Å². The van der Waals surface area contributed by atoms with E-state index in [9.17, 15) is 9.59 Å². The molecule has 19 heavy (non-hydrogen) atoms. The second kappa shape index (κ2) is 6.44. The molecule has 0 bridgehead atoms. The fourth-order valence-corrected chi connectivity index (χ4v) is 2.87. The molecule has 0 fully saturated rings. The maximum atomic E-state index is 11.6. The fourth-order valence-electron chi connectivity index (χ4n) is 1.46. The molecule has 1 amide bonds. The Bertz CT molecular complexity index is 563. The zero-order valence-corrected chi connectivity index (χ0v) is 11.6. The van der Waals surface area contributed by atoms with Crippen molar-refractivity contribution in [2.75, 3.05) is 0 Å². The maximum Gasteiger partial charge on any atom is 0.345 e. The third-order valence-corrected chi connectivity index (χ3v) is 4.29. The molecule has 2 heterocycles. The van der Waals surface area contributed by atoms with Crippen LogP contribution in [0.3, 0.4) is 0 Å². The first kappa shape index (κ1) is 13.7. The molecule has 2 rings (SSSR count). The number of aromatic carboxylic acids is 1. The number of amides is 1. The van der Waals surface area contributed by atoms with Gasteiger partial charge in [-0.05, 0) is 12.1 Å². The Balaban J connectivity index is 1.75. The third kappa shape index (κ3) is 4.15. The number of hydrogen-bond acceptors (Lipinski definition) is 5. The van der Waals surface area contributed by atoms with Gasteiger partial charge in [-0.2, -0.15) is 0 Å². The highest BCUT2D eigenvalue weighted by Gasteiger charge is 2.08. The summed E-state index contributed by atoms with van der Waals surface area (Å²) in [7, 11) is 0. The topological polar surface area (TPSA) is 79.3 Å². The van der Waals surface area contributed by atoms with Crippen LogP contribution in [-0.4, -0.2) is 22.0 Å². The van der Waals surface area contributed by atoms with Gasteiger partial charge in [0.1, 0.15) is 4.88 Å². The SMILES string of the molecule is O=C(CCc1nccs1)NCc1ccc(C(=O)O)s1. The normalized spacial score (nSPS) is 10.3. The Morgan fingerprint density at radius 1 is 1.37 bits per heavy atom. The van der Waals surface area contributed by atoms with Crippen LogP contribution < -0.4 is 5.32 Å². The Kier molecular flexibility index (Phi) is 4.64. The minimum absolute atomic E-state index is 0.0551. The fraction of sp³-hybridized carbons (Fsp3) is 0.250. The van der Waals surface area contributed by atoms with Gasteiger partial charge < -0.3 is 10.4 Å². The zero-order chi connectivity index (χ0) is 13.7. The summed E-state index contributed by atoms with van der Waals surface area (Å²) in [5.41, 5.74) is 0. The van der Waals surface area contributed by atoms with Crippen LogP contribution in [0.4, 0.5) is 0 Å². The lowest BCUT2D eigenvalue weighted by atomic mass is 10.3. The average Bonchev–Trinajstić information content (AvgIpc) is 3.05. The lowest BCUT2D eigenvalue weighted by molar-refractivity contribution is -0.121. The summed E-state index contributed by atoms with van der Waals surface area (Å²) in [4.78, 5) is 27.5. The number of nitrogens with one attached hydrogen (secondary N) is 1. The van der Waals surface area contributed by atoms with E-state index in [1.54, 1.807) is 18.3 Å². The number of thiophene rings is 1. The number of carbonyl (C=O) groups excluding carboxylic acids is 1. The monoisotopic (exact) mass is 296 g/mol. The van der Waals surface area contributed by atoms with Gasteiger partial charge in [-0.15, -0.1) is 22.7 Å². The molecule has 5 nitrogen and oxygen atoms in total. The Labute approximate surface area is 117 Å². The second-order valence-electron chi connectivity index (χ2n) is 3.77. The lowest BCUT2D eigenvalue weighted by Gasteiger charge is -2.02. The number of carboxylic acids is 1. The first-order chi connectivity index (χ1) is 9.15. The number of rotatable bonds is 6. The molecule has 0 atom stereocenters. The minimum Gasteiger partial charge on any atom is -0.477 e. The van der Waals surface area contributed by atoms with Gasteiger partial charge >= 0.3 is 5.97 Å². The summed E-state index contributed by atoms with van der Waals surface area (Å²) in [5, 5.41) is 14.4. The van der Waals surface area contributed by atoms with E-state index in [-0.39, 0.29) is 10.8 Å². The number of carbonyl (C=O) groups is 2. The van der Waals surface area contributed by atoms with E-state index >= 15 is 0 Å². The molecule has 2 aromatic heterocycles. The van der Waals surface area contributed by atoms with Crippen molar-refractivity contribution >= 4 is 34.6 Å². The van der Waals surface area contributed by atoms with Gasteiger partial charge in [-0.1, -0.05) is 0 Å². The molecule has 2 N–H and O–H groups in total. The first-order valence-electron chi connectivity index (χ1n) is 5.62. The van der Waals surface area contributed by atoms with Crippen molar-refractivity contribution in [2.45, 2.75) is 19.4 Å². The molecule has 0 aromatic carbocycles. The van der Waals surface area contributed by atoms with Crippen molar-refractivity contribution in [3.8, 4) is 0 Å². The molecule has 7 heteroatoms. The average molecular weight is 296 g/mol. The van der Waals surface area contributed by atoms with Crippen molar-refractivity contribution in [2.24, 2.45) is 0 Å². The number of aryl methyl sites for hydroxylation is 1. The van der Waals surface area contributed by atoms with Crippen LogP contribution in [0.1, 0.15) is 26.0 Å². The van der Waals surface area contributed by atoms with Crippen LogP contribution in [0.5, 0.6) is 0 Å². The Hall–Kier alpha value is -1.73. The Morgan fingerprint density at radius 2 is 2.21 bits per heavy atom. The van der Waals surface area contributed by atoms with Gasteiger partial charge in [-0.25, -0.2) is 9.78 Å². The summed E-state index contributed by atoms with van der Waals surface area (Å²) in [6.45, 7) is 0.370. The molecule has 0 aliphatic heterocycles. The van der Waals surface area contributed by atoms with Crippen molar-refractivity contribution in [1.29, 1.82) is 0 Å². The summed E-state index contributed by atoms with van der Waals surface area (Å²) in [5.74, 6) is -0.994. The highest BCUT2D eigenvalue weighted by atomic mass is 32.1. The molecular formula is C12H12N2O3S2. The number of aromatic nitrogens is 1. The van der Waals surface area contributed by atoms with Gasteiger partial charge in [0, 0.05) is 29.3 Å². The minimum atomic E-state index is -0.939. The maximum absolute atomic E-state index is 11.6. The van der Waals surface area contributed by atoms with Crippen LogP contribution >= 0.6 is 22.7 Å². The van der Waals surface area contributed by atoms with E-state index in [1.165, 1.54) is 22.7 Å². The smallest absolute Gasteiger partial charge is 0.345 e. The number of thiazole rings is 1. The van der Waals surface area contributed by atoms with Gasteiger partial charge in [0.05, 0.1) is 11.6 Å². The highest BCUT2D eigenvalue weighted by Crippen LogP contribution is 2.16. The number of nitrogens with zero attached hydrogens (tertiary/aromatic N) is 1. The van der Waals surface area contributed by atoms with Crippen molar-refractivity contribution in [3.05, 3.63) is 38.5 Å². The summed E-state index contributed by atoms with van der Waals surface area (Å²) in [6.07, 6.45) is 2.75. The van der Waals surface area contributed by atoms with Gasteiger partial charge in [-0.3, -0.25) is 4.79 Å². The Morgan fingerprint density at radius 3 is 2.84 bits per heavy atom. The van der Waals surface area contributed by atoms with Gasteiger partial charge in [0.15, 0.2) is 0 Å². The van der Waals surface area contributed by atoms with Crippen molar-refractivity contribution in [1.82, 2.24) is 10.3 Å². The molecule has 0 saturated carbocycles. The molecule has 2 aromatic rings. The lowest BCUT2D eigenvalue weighted by Crippen LogP contribution is -2.22. The van der Waals surface area contributed by atoms with Crippen molar-refractivity contribution < 1.29 is 14.7 Å². The largest absolute Gasteiger partial charge is 0.477 e. The molecule has 100 valence electrons. The first-order valence-corrected chi connectivity index (χ1v) is 7.32. The van der Waals surface area contributed by atoms with E-state index in [0.29, 0.717) is 19.4 Å². The van der Waals surface area contributed by atoms with Crippen LogP contribution in [0.25, 0.3) is 0 Å². The van der Waals surface area contributed by atoms with E-state index in [4.69, 9.17) is 5.11 Å². The van der Waals surface area contributed by atoms with E-state index < -0.39 is 5.97 Å². The van der Waals surface area contributed by atoms with E-state index in [1.807, 2.05) is 5.38 Å². The van der Waals surface area contributed by atoms with Crippen LogP contribution in [0.15, 0.2) is 23.7 Å². The second-order valence-corrected chi connectivity index (χ2v) is 5.92. The third-order valence-electron chi connectivity index (χ3n) is 2.38. The van der Waals surface area contributed by atoms with E-state index in [0.717, 1.165) is 9.88 Å². The van der Waals surface area contributed by atoms with Crippen molar-refractivity contribution in [3.63, 3.8) is 0 Å². The number of carboxylic acid groups (broad SMARTS) is 1.